The quantitative estimate of drug-likeness (QED) is 0.852. The van der Waals surface area contributed by atoms with Crippen LogP contribution in [0.2, 0.25) is 0 Å². The van der Waals surface area contributed by atoms with Crippen molar-refractivity contribution in [2.75, 3.05) is 19.8 Å². The number of hydrogen-bond donors (Lipinski definition) is 2. The monoisotopic (exact) mass is 358 g/mol. The first-order chi connectivity index (χ1) is 12.6. The van der Waals surface area contributed by atoms with E-state index in [0.29, 0.717) is 31.7 Å². The molecule has 1 saturated carbocycles. The van der Waals surface area contributed by atoms with E-state index in [2.05, 4.69) is 4.99 Å². The molecule has 1 aliphatic heterocycles. The summed E-state index contributed by atoms with van der Waals surface area (Å²) in [5.74, 6) is -0.884. The molecule has 0 radical (unpaired) electrons. The van der Waals surface area contributed by atoms with Crippen LogP contribution in [-0.2, 0) is 9.47 Å². The molecule has 138 valence electrons. The van der Waals surface area contributed by atoms with Gasteiger partial charge in [0.2, 0.25) is 0 Å². The zero-order valence-electron chi connectivity index (χ0n) is 14.6. The minimum Gasteiger partial charge on any atom is -0.404 e. The van der Waals surface area contributed by atoms with Crippen molar-refractivity contribution >= 4 is 11.4 Å². The molecule has 6 heteroatoms. The maximum Gasteiger partial charge on any atom is 0.169 e. The maximum absolute atomic E-state index is 13.1. The highest BCUT2D eigenvalue weighted by Gasteiger charge is 2.52. The Morgan fingerprint density at radius 1 is 1.23 bits per heavy atom. The van der Waals surface area contributed by atoms with Crippen molar-refractivity contribution in [2.24, 2.45) is 16.1 Å². The van der Waals surface area contributed by atoms with Gasteiger partial charge in [0, 0.05) is 18.3 Å². The molecule has 2 fully saturated rings. The van der Waals surface area contributed by atoms with Crippen LogP contribution in [0.3, 0.4) is 0 Å². The summed E-state index contributed by atoms with van der Waals surface area (Å²) >= 11 is 0. The number of fused-ring (bicyclic) bond motifs is 1. The van der Waals surface area contributed by atoms with Crippen molar-refractivity contribution in [3.8, 4) is 0 Å². The molecule has 1 aromatic rings. The van der Waals surface area contributed by atoms with Crippen molar-refractivity contribution in [1.82, 2.24) is 0 Å². The Bertz CT molecular complexity index is 779. The Labute approximate surface area is 152 Å². The Kier molecular flexibility index (Phi) is 4.42. The molecule has 0 bridgehead atoms. The van der Waals surface area contributed by atoms with Gasteiger partial charge in [-0.05, 0) is 55.0 Å². The van der Waals surface area contributed by atoms with Crippen LogP contribution < -0.4 is 5.73 Å². The molecule has 3 aliphatic rings. The van der Waals surface area contributed by atoms with Crippen LogP contribution in [0.25, 0.3) is 0 Å². The van der Waals surface area contributed by atoms with Gasteiger partial charge >= 0.3 is 0 Å². The molecule has 1 aromatic carbocycles. The number of ether oxygens (including phenoxy) is 2. The molecule has 1 heterocycles. The van der Waals surface area contributed by atoms with Crippen LogP contribution in [0.4, 0.5) is 10.1 Å². The zero-order valence-corrected chi connectivity index (χ0v) is 14.6. The van der Waals surface area contributed by atoms with Gasteiger partial charge in [-0.15, -0.1) is 0 Å². The van der Waals surface area contributed by atoms with Gasteiger partial charge in [-0.1, -0.05) is 5.57 Å². The predicted molar refractivity (Wildman–Crippen MR) is 96.5 cm³/mol. The molecule has 1 atom stereocenters. The predicted octanol–water partition coefficient (Wildman–Crippen LogP) is 2.98. The minimum atomic E-state index is -0.592. The highest BCUT2D eigenvalue weighted by Crippen LogP contribution is 2.53. The second-order valence-electron chi connectivity index (χ2n) is 7.23. The lowest BCUT2D eigenvalue weighted by atomic mass is 9.62. The lowest BCUT2D eigenvalue weighted by Crippen LogP contribution is -2.47. The molecule has 1 unspecified atom stereocenters. The largest absolute Gasteiger partial charge is 0.404 e. The van der Waals surface area contributed by atoms with Crippen LogP contribution >= 0.6 is 0 Å². The fourth-order valence-corrected chi connectivity index (χ4v) is 4.28. The van der Waals surface area contributed by atoms with Gasteiger partial charge in [0.15, 0.2) is 5.79 Å². The highest BCUT2D eigenvalue weighted by atomic mass is 19.1. The number of aliphatic hydroxyl groups is 1. The van der Waals surface area contributed by atoms with Crippen LogP contribution in [0, 0.1) is 11.2 Å². The summed E-state index contributed by atoms with van der Waals surface area (Å²) in [6.45, 7) is 1.20. The normalized spacial score (nSPS) is 30.6. The van der Waals surface area contributed by atoms with E-state index < -0.39 is 11.2 Å². The molecule has 0 amide bonds. The molecular weight excluding hydrogens is 335 g/mol. The summed E-state index contributed by atoms with van der Waals surface area (Å²) < 4.78 is 24.9. The van der Waals surface area contributed by atoms with E-state index >= 15 is 0 Å². The molecule has 4 rings (SSSR count). The summed E-state index contributed by atoms with van der Waals surface area (Å²) in [6, 6.07) is 6.05. The first kappa shape index (κ1) is 17.4. The summed E-state index contributed by atoms with van der Waals surface area (Å²) in [6.07, 6.45) is 6.31. The van der Waals surface area contributed by atoms with Gasteiger partial charge in [0.25, 0.3) is 0 Å². The maximum atomic E-state index is 13.1. The van der Waals surface area contributed by atoms with E-state index in [-0.39, 0.29) is 12.4 Å². The van der Waals surface area contributed by atoms with Gasteiger partial charge in [0.1, 0.15) is 5.82 Å². The number of allylic oxidation sites excluding steroid dienone is 2. The average Bonchev–Trinajstić information content (AvgIpc) is 3.11. The van der Waals surface area contributed by atoms with Crippen molar-refractivity contribution < 1.29 is 19.0 Å². The third-order valence-electron chi connectivity index (χ3n) is 5.63. The average molecular weight is 358 g/mol. The number of nitrogens with zero attached hydrogens (tertiary/aromatic N) is 1. The van der Waals surface area contributed by atoms with Gasteiger partial charge < -0.3 is 20.3 Å². The number of aliphatic hydroxyl groups excluding tert-OH is 1. The number of halogens is 1. The molecule has 0 aromatic heterocycles. The molecule has 26 heavy (non-hydrogen) atoms. The lowest BCUT2D eigenvalue weighted by Gasteiger charge is -2.48. The third kappa shape index (κ3) is 2.98. The number of aliphatic imine (C=N–C) groups is 1. The fraction of sp³-hybridized carbons (Fsp3) is 0.450. The number of nitrogens with two attached hydrogens (primary N) is 1. The van der Waals surface area contributed by atoms with Crippen LogP contribution in [0.15, 0.2) is 52.7 Å². The fourth-order valence-electron chi connectivity index (χ4n) is 4.28. The van der Waals surface area contributed by atoms with Gasteiger partial charge in [-0.3, -0.25) is 0 Å². The Hall–Kier alpha value is -2.02. The van der Waals surface area contributed by atoms with Crippen molar-refractivity contribution in [1.29, 1.82) is 0 Å². The number of hydrogen-bond acceptors (Lipinski definition) is 5. The minimum absolute atomic E-state index is 0.00840. The van der Waals surface area contributed by atoms with E-state index in [1.165, 1.54) is 12.1 Å². The first-order valence-corrected chi connectivity index (χ1v) is 8.93. The topological polar surface area (TPSA) is 77.1 Å². The lowest BCUT2D eigenvalue weighted by molar-refractivity contribution is -0.195. The second-order valence-corrected chi connectivity index (χ2v) is 7.23. The van der Waals surface area contributed by atoms with E-state index in [9.17, 15) is 9.50 Å². The van der Waals surface area contributed by atoms with Crippen LogP contribution in [-0.4, -0.2) is 36.4 Å². The van der Waals surface area contributed by atoms with Crippen molar-refractivity contribution in [3.05, 3.63) is 53.5 Å². The molecule has 1 saturated heterocycles. The Balaban J connectivity index is 1.71. The summed E-state index contributed by atoms with van der Waals surface area (Å²) in [5, 5.41) is 10.2. The summed E-state index contributed by atoms with van der Waals surface area (Å²) in [5.41, 5.74) is 8.89. The second kappa shape index (κ2) is 6.61. The molecule has 3 N–H and O–H groups in total. The third-order valence-corrected chi connectivity index (χ3v) is 5.63. The van der Waals surface area contributed by atoms with Crippen molar-refractivity contribution in [3.63, 3.8) is 0 Å². The summed E-state index contributed by atoms with van der Waals surface area (Å²) in [4.78, 5) is 4.64. The van der Waals surface area contributed by atoms with Gasteiger partial charge in [0.05, 0.1) is 31.2 Å². The van der Waals surface area contributed by atoms with Gasteiger partial charge in [-0.2, -0.15) is 0 Å². The van der Waals surface area contributed by atoms with E-state index in [1.54, 1.807) is 18.3 Å². The molecule has 5 nitrogen and oxygen atoms in total. The molecular formula is C20H23FN2O3. The van der Waals surface area contributed by atoms with Crippen LogP contribution in [0.5, 0.6) is 0 Å². The highest BCUT2D eigenvalue weighted by molar-refractivity contribution is 6.11. The number of rotatable bonds is 2. The SMILES string of the molecule is N/C=C1/CC2(CO)CC3(CCC2=CC1=Nc1ccc(F)cc1)OCCO3. The number of benzene rings is 1. The van der Waals surface area contributed by atoms with Crippen molar-refractivity contribution in [2.45, 2.75) is 31.5 Å². The summed E-state index contributed by atoms with van der Waals surface area (Å²) in [7, 11) is 0. The molecule has 2 aliphatic carbocycles. The van der Waals surface area contributed by atoms with E-state index in [1.807, 2.05) is 6.08 Å². The standard InChI is InChI=1S/C20H23FN2O3/c21-16-1-3-17(4-2-16)23-18-9-15-5-6-20(25-7-8-26-20)12-19(15,13-24)10-14(18)11-22/h1-4,9,11,24H,5-8,10,12-13,22H2/b14-11-,23-18?. The molecule has 1 spiro atoms. The van der Waals surface area contributed by atoms with Gasteiger partial charge in [-0.25, -0.2) is 9.38 Å². The van der Waals surface area contributed by atoms with E-state index in [0.717, 1.165) is 29.7 Å². The Morgan fingerprint density at radius 2 is 1.96 bits per heavy atom. The zero-order chi connectivity index (χ0) is 18.2. The van der Waals surface area contributed by atoms with Crippen LogP contribution in [0.1, 0.15) is 25.7 Å². The first-order valence-electron chi connectivity index (χ1n) is 8.93. The van der Waals surface area contributed by atoms with E-state index in [4.69, 9.17) is 15.2 Å². The Morgan fingerprint density at radius 3 is 2.62 bits per heavy atom. The smallest absolute Gasteiger partial charge is 0.169 e.